The summed E-state index contributed by atoms with van der Waals surface area (Å²) < 4.78 is 14.1. The van der Waals surface area contributed by atoms with Gasteiger partial charge in [-0.1, -0.05) is 0 Å². The van der Waals surface area contributed by atoms with Gasteiger partial charge in [0.15, 0.2) is 0 Å². The number of aromatic nitrogens is 3. The monoisotopic (exact) mass is 713 g/mol. The predicted molar refractivity (Wildman–Crippen MR) is 212 cm³/mol. The molecule has 10 aromatic rings. The predicted octanol–water partition coefficient (Wildman–Crippen LogP) is 8.50. The van der Waals surface area contributed by atoms with Crippen molar-refractivity contribution in [1.29, 1.82) is 0 Å². The third kappa shape index (κ3) is 3.96. The van der Waals surface area contributed by atoms with Crippen molar-refractivity contribution in [3.63, 3.8) is 0 Å². The van der Waals surface area contributed by atoms with Crippen LogP contribution < -0.4 is 17.7 Å². The van der Waals surface area contributed by atoms with Crippen LogP contribution in [0.2, 0.25) is 0 Å². The molecule has 51 heavy (non-hydrogen) atoms. The maximum absolute atomic E-state index is 6.42. The molecule has 1 aliphatic heterocycles. The van der Waals surface area contributed by atoms with E-state index in [4.69, 9.17) is 14.4 Å². The van der Waals surface area contributed by atoms with Crippen molar-refractivity contribution in [1.82, 2.24) is 14.5 Å². The average molecular weight is 712 g/mol. The van der Waals surface area contributed by atoms with E-state index in [1.807, 2.05) is 12.1 Å². The van der Waals surface area contributed by atoms with Crippen molar-refractivity contribution < 1.29 is 4.42 Å². The van der Waals surface area contributed by atoms with Crippen molar-refractivity contribution in [2.45, 2.75) is 0 Å². The molecule has 238 valence electrons. The van der Waals surface area contributed by atoms with Gasteiger partial charge in [-0.05, 0) is 0 Å². The fourth-order valence-electron chi connectivity index (χ4n) is 8.54. The van der Waals surface area contributed by atoms with Crippen molar-refractivity contribution in [3.8, 4) is 28.3 Å². The molecule has 0 saturated heterocycles. The molecule has 0 radical (unpaired) electrons. The molecular formula is C46H29GeN3O. The molecule has 3 aromatic heterocycles. The van der Waals surface area contributed by atoms with E-state index in [1.54, 1.807) is 0 Å². The van der Waals surface area contributed by atoms with Crippen LogP contribution in [0.3, 0.4) is 0 Å². The van der Waals surface area contributed by atoms with E-state index in [2.05, 4.69) is 168 Å². The van der Waals surface area contributed by atoms with Crippen LogP contribution in [0.1, 0.15) is 0 Å². The van der Waals surface area contributed by atoms with Crippen molar-refractivity contribution in [2.75, 3.05) is 0 Å². The Labute approximate surface area is 296 Å². The first-order valence-electron chi connectivity index (χ1n) is 17.3. The summed E-state index contributed by atoms with van der Waals surface area (Å²) in [4.78, 5) is 11.3. The van der Waals surface area contributed by atoms with Gasteiger partial charge in [-0.15, -0.1) is 0 Å². The Balaban J connectivity index is 1.35. The summed E-state index contributed by atoms with van der Waals surface area (Å²) in [7, 11) is 0. The van der Waals surface area contributed by atoms with E-state index >= 15 is 0 Å². The van der Waals surface area contributed by atoms with Gasteiger partial charge in [-0.25, -0.2) is 0 Å². The SMILES string of the molecule is c1ccc(-c2nc(-n3c4ccccc4c4cc5oc6ccccc6c5cc43)c3[c](n2)[Ge]([c]2ccccc2)([c]2ccccc2)[c]2ccccc2-3)cc1. The standard InChI is InChI=1S/C46H29GeN3O/c1-4-16-30(17-5-1)45-48-44-43(35-24-10-13-25-38(35)47(44,31-18-6-2-7-19-31)32-20-8-3-9-21-32)46(49-45)50-39-26-14-11-22-33(39)36-29-42-37(28-40(36)50)34-23-12-15-27-41(34)51-42/h1-29H. The summed E-state index contributed by atoms with van der Waals surface area (Å²) in [5.74, 6) is 1.64. The summed E-state index contributed by atoms with van der Waals surface area (Å²) in [5.41, 5.74) is 7.32. The van der Waals surface area contributed by atoms with Crippen LogP contribution >= 0.6 is 0 Å². The number of fused-ring (bicyclic) bond motifs is 9. The average Bonchev–Trinajstić information content (AvgIpc) is 3.83. The zero-order chi connectivity index (χ0) is 33.5. The van der Waals surface area contributed by atoms with Crippen LogP contribution in [0.5, 0.6) is 0 Å². The molecule has 4 nitrogen and oxygen atoms in total. The molecule has 0 unspecified atom stereocenters. The first kappa shape index (κ1) is 28.6. The first-order chi connectivity index (χ1) is 25.3. The molecule has 4 heterocycles. The Bertz CT molecular complexity index is 2930. The first-order valence-corrected chi connectivity index (χ1v) is 21.5. The number of nitrogens with zero attached hydrogens (tertiary/aromatic N) is 3. The van der Waals surface area contributed by atoms with E-state index in [9.17, 15) is 0 Å². The fraction of sp³-hybridized carbons (Fsp3) is 0. The molecule has 0 fully saturated rings. The minimum atomic E-state index is -3.70. The van der Waals surface area contributed by atoms with Crippen molar-refractivity contribution in [2.24, 2.45) is 0 Å². The Hall–Kier alpha value is -6.24. The molecule has 0 N–H and O–H groups in total. The molecule has 0 saturated carbocycles. The van der Waals surface area contributed by atoms with Crippen molar-refractivity contribution >= 4 is 74.7 Å². The second-order valence-corrected chi connectivity index (χ2v) is 21.0. The molecule has 1 aliphatic rings. The summed E-state index contributed by atoms with van der Waals surface area (Å²) in [5, 5.41) is 4.50. The van der Waals surface area contributed by atoms with Gasteiger partial charge in [0, 0.05) is 0 Å². The Morgan fingerprint density at radius 1 is 0.471 bits per heavy atom. The molecular weight excluding hydrogens is 683 g/mol. The van der Waals surface area contributed by atoms with Gasteiger partial charge in [-0.3, -0.25) is 0 Å². The zero-order valence-electron chi connectivity index (χ0n) is 27.5. The van der Waals surface area contributed by atoms with E-state index in [-0.39, 0.29) is 0 Å². The van der Waals surface area contributed by atoms with Gasteiger partial charge >= 0.3 is 298 Å². The second kappa shape index (κ2) is 10.9. The molecule has 0 aliphatic carbocycles. The number of hydrogen-bond acceptors (Lipinski definition) is 3. The van der Waals surface area contributed by atoms with Crippen LogP contribution in [0.4, 0.5) is 0 Å². The molecule has 11 rings (SSSR count). The van der Waals surface area contributed by atoms with Gasteiger partial charge in [0.1, 0.15) is 0 Å². The van der Waals surface area contributed by atoms with Gasteiger partial charge < -0.3 is 0 Å². The number of rotatable bonds is 4. The summed E-state index contributed by atoms with van der Waals surface area (Å²) in [6.45, 7) is 0. The van der Waals surface area contributed by atoms with Crippen molar-refractivity contribution in [3.05, 3.63) is 176 Å². The van der Waals surface area contributed by atoms with Crippen LogP contribution in [-0.2, 0) is 0 Å². The number of furan rings is 1. The zero-order valence-corrected chi connectivity index (χ0v) is 29.6. The van der Waals surface area contributed by atoms with Gasteiger partial charge in [0.25, 0.3) is 0 Å². The molecule has 0 spiro atoms. The Morgan fingerprint density at radius 3 is 1.86 bits per heavy atom. The number of benzene rings is 7. The minimum absolute atomic E-state index is 0.736. The van der Waals surface area contributed by atoms with Crippen LogP contribution in [0.25, 0.3) is 72.1 Å². The molecule has 7 aromatic carbocycles. The van der Waals surface area contributed by atoms with Crippen LogP contribution in [-0.4, -0.2) is 27.8 Å². The molecule has 5 heteroatoms. The van der Waals surface area contributed by atoms with Gasteiger partial charge in [0.05, 0.1) is 0 Å². The normalized spacial score (nSPS) is 13.3. The van der Waals surface area contributed by atoms with E-state index in [0.717, 1.165) is 66.5 Å². The Morgan fingerprint density at radius 2 is 1.10 bits per heavy atom. The third-order valence-electron chi connectivity index (χ3n) is 10.7. The molecule has 0 bridgehead atoms. The Kier molecular flexibility index (Phi) is 6.10. The number of hydrogen-bond donors (Lipinski definition) is 0. The van der Waals surface area contributed by atoms with E-state index in [1.165, 1.54) is 23.3 Å². The number of para-hydroxylation sites is 2. The van der Waals surface area contributed by atoms with Gasteiger partial charge in [0.2, 0.25) is 0 Å². The van der Waals surface area contributed by atoms with Crippen LogP contribution in [0, 0.1) is 0 Å². The summed E-state index contributed by atoms with van der Waals surface area (Å²) in [6.07, 6.45) is 0. The van der Waals surface area contributed by atoms with E-state index < -0.39 is 13.3 Å². The molecule has 0 atom stereocenters. The summed E-state index contributed by atoms with van der Waals surface area (Å²) in [6, 6.07) is 63.2. The molecule has 0 amide bonds. The van der Waals surface area contributed by atoms with Gasteiger partial charge in [-0.2, -0.15) is 0 Å². The summed E-state index contributed by atoms with van der Waals surface area (Å²) >= 11 is -3.70. The van der Waals surface area contributed by atoms with Crippen LogP contribution in [0.15, 0.2) is 180 Å². The second-order valence-electron chi connectivity index (χ2n) is 13.3. The third-order valence-corrected chi connectivity index (χ3v) is 20.6. The topological polar surface area (TPSA) is 43.9 Å². The van der Waals surface area contributed by atoms with E-state index in [0.29, 0.717) is 0 Å². The fourth-order valence-corrected chi connectivity index (χ4v) is 19.0. The maximum atomic E-state index is 6.42. The quantitative estimate of drug-likeness (QED) is 0.172.